The van der Waals surface area contributed by atoms with Crippen molar-refractivity contribution < 1.29 is 9.53 Å². The van der Waals surface area contributed by atoms with E-state index in [1.807, 2.05) is 31.2 Å². The Balaban J connectivity index is 0.00000242. The van der Waals surface area contributed by atoms with Crippen LogP contribution in [0.25, 0.3) is 0 Å². The number of methoxy groups -OCH3 is 1. The summed E-state index contributed by atoms with van der Waals surface area (Å²) in [4.78, 5) is 14.4. The van der Waals surface area contributed by atoms with Crippen LogP contribution < -0.4 is 15.4 Å². The highest BCUT2D eigenvalue weighted by molar-refractivity contribution is 5.85. The maximum atomic E-state index is 12.2. The van der Waals surface area contributed by atoms with Crippen molar-refractivity contribution in [3.05, 3.63) is 29.8 Å². The summed E-state index contributed by atoms with van der Waals surface area (Å²) in [5, 5.41) is 6.39. The number of hydrogen-bond acceptors (Lipinski definition) is 4. The maximum absolute atomic E-state index is 12.2. The first-order valence-electron chi connectivity index (χ1n) is 7.49. The van der Waals surface area contributed by atoms with Gasteiger partial charge in [0.1, 0.15) is 5.75 Å². The van der Waals surface area contributed by atoms with Crippen LogP contribution in [0.3, 0.4) is 0 Å². The summed E-state index contributed by atoms with van der Waals surface area (Å²) in [6.07, 6.45) is 0. The lowest BCUT2D eigenvalue weighted by Crippen LogP contribution is -2.52. The van der Waals surface area contributed by atoms with Crippen LogP contribution in [-0.2, 0) is 4.79 Å². The lowest BCUT2D eigenvalue weighted by atomic mass is 10.1. The molecule has 5 nitrogen and oxygen atoms in total. The molecule has 0 spiro atoms. The zero-order valence-electron chi connectivity index (χ0n) is 13.5. The predicted octanol–water partition coefficient (Wildman–Crippen LogP) is 1.59. The molecule has 1 aromatic rings. The number of piperazine rings is 1. The molecule has 0 aromatic heterocycles. The molecule has 6 heteroatoms. The summed E-state index contributed by atoms with van der Waals surface area (Å²) in [7, 11) is 1.65. The van der Waals surface area contributed by atoms with Crippen LogP contribution in [-0.4, -0.2) is 50.1 Å². The zero-order valence-corrected chi connectivity index (χ0v) is 14.3. The summed E-state index contributed by atoms with van der Waals surface area (Å²) in [6, 6.07) is 8.11. The number of nitrogens with one attached hydrogen (secondary N) is 2. The Morgan fingerprint density at radius 3 is 2.91 bits per heavy atom. The van der Waals surface area contributed by atoms with Gasteiger partial charge in [-0.1, -0.05) is 18.2 Å². The summed E-state index contributed by atoms with van der Waals surface area (Å²) in [5.74, 6) is 0.864. The maximum Gasteiger partial charge on any atom is 0.234 e. The normalized spacial score (nSPS) is 19.9. The molecule has 1 amide bonds. The smallest absolute Gasteiger partial charge is 0.234 e. The molecule has 1 saturated heterocycles. The number of amides is 1. The molecular weight excluding hydrogens is 302 g/mol. The zero-order chi connectivity index (χ0) is 15.2. The Labute approximate surface area is 138 Å². The molecule has 2 rings (SSSR count). The minimum Gasteiger partial charge on any atom is -0.496 e. The van der Waals surface area contributed by atoms with Crippen molar-refractivity contribution in [3.8, 4) is 5.75 Å². The monoisotopic (exact) mass is 327 g/mol. The van der Waals surface area contributed by atoms with Crippen molar-refractivity contribution in [1.29, 1.82) is 0 Å². The average molecular weight is 328 g/mol. The van der Waals surface area contributed by atoms with Crippen molar-refractivity contribution in [2.45, 2.75) is 25.9 Å². The average Bonchev–Trinajstić information content (AvgIpc) is 2.49. The summed E-state index contributed by atoms with van der Waals surface area (Å²) in [6.45, 7) is 7.37. The Morgan fingerprint density at radius 2 is 2.23 bits per heavy atom. The standard InChI is InChI=1S/C16H25N3O2.ClH/c1-12-10-17-8-9-19(12)11-16(20)18-13(2)14-6-4-5-7-15(14)21-3;/h4-7,12-13,17H,8-11H2,1-3H3,(H,18,20);1H/t12-,13?;/m1./s1. The van der Waals surface area contributed by atoms with E-state index in [1.54, 1.807) is 7.11 Å². The number of nitrogens with zero attached hydrogens (tertiary/aromatic N) is 1. The fraction of sp³-hybridized carbons (Fsp3) is 0.562. The summed E-state index contributed by atoms with van der Waals surface area (Å²) >= 11 is 0. The van der Waals surface area contributed by atoms with E-state index in [0.717, 1.165) is 30.9 Å². The van der Waals surface area contributed by atoms with Gasteiger partial charge in [0.2, 0.25) is 5.91 Å². The SMILES string of the molecule is COc1ccccc1C(C)NC(=O)CN1CCNC[C@H]1C.Cl. The van der Waals surface area contributed by atoms with E-state index >= 15 is 0 Å². The second-order valence-corrected chi connectivity index (χ2v) is 5.55. The molecule has 1 aliphatic heterocycles. The number of ether oxygens (including phenoxy) is 1. The number of carbonyl (C=O) groups excluding carboxylic acids is 1. The molecule has 0 saturated carbocycles. The van der Waals surface area contributed by atoms with E-state index < -0.39 is 0 Å². The fourth-order valence-corrected chi connectivity index (χ4v) is 2.69. The highest BCUT2D eigenvalue weighted by Crippen LogP contribution is 2.24. The van der Waals surface area contributed by atoms with Crippen LogP contribution in [0.2, 0.25) is 0 Å². The highest BCUT2D eigenvalue weighted by Gasteiger charge is 2.21. The van der Waals surface area contributed by atoms with Gasteiger partial charge in [-0.25, -0.2) is 0 Å². The van der Waals surface area contributed by atoms with Gasteiger partial charge in [-0.2, -0.15) is 0 Å². The first-order valence-corrected chi connectivity index (χ1v) is 7.49. The second-order valence-electron chi connectivity index (χ2n) is 5.55. The van der Waals surface area contributed by atoms with Crippen molar-refractivity contribution in [3.63, 3.8) is 0 Å². The molecule has 0 radical (unpaired) electrons. The number of hydrogen-bond donors (Lipinski definition) is 2. The number of rotatable bonds is 5. The van der Waals surface area contributed by atoms with E-state index in [4.69, 9.17) is 4.74 Å². The lowest BCUT2D eigenvalue weighted by Gasteiger charge is -2.33. The molecule has 124 valence electrons. The molecule has 0 bridgehead atoms. The second kappa shape index (κ2) is 8.98. The summed E-state index contributed by atoms with van der Waals surface area (Å²) in [5.41, 5.74) is 1.00. The fourth-order valence-electron chi connectivity index (χ4n) is 2.69. The van der Waals surface area contributed by atoms with E-state index in [1.165, 1.54) is 0 Å². The molecule has 2 N–H and O–H groups in total. The van der Waals surface area contributed by atoms with E-state index in [9.17, 15) is 4.79 Å². The third kappa shape index (κ3) is 4.87. The third-order valence-corrected chi connectivity index (χ3v) is 3.97. The van der Waals surface area contributed by atoms with Crippen LogP contribution in [0.15, 0.2) is 24.3 Å². The van der Waals surface area contributed by atoms with Gasteiger partial charge in [0.15, 0.2) is 0 Å². The number of halogens is 1. The molecule has 1 heterocycles. The number of para-hydroxylation sites is 1. The van der Waals surface area contributed by atoms with Crippen molar-refractivity contribution in [1.82, 2.24) is 15.5 Å². The molecule has 2 atom stereocenters. The highest BCUT2D eigenvalue weighted by atomic mass is 35.5. The Kier molecular flexibility index (Phi) is 7.65. The van der Waals surface area contributed by atoms with Crippen molar-refractivity contribution >= 4 is 18.3 Å². The Morgan fingerprint density at radius 1 is 1.50 bits per heavy atom. The van der Waals surface area contributed by atoms with Crippen LogP contribution in [0.5, 0.6) is 5.75 Å². The first kappa shape index (κ1) is 18.7. The lowest BCUT2D eigenvalue weighted by molar-refractivity contribution is -0.123. The summed E-state index contributed by atoms with van der Waals surface area (Å²) < 4.78 is 5.35. The minimum atomic E-state index is -0.0631. The minimum absolute atomic E-state index is 0. The number of benzene rings is 1. The van der Waals surface area contributed by atoms with Gasteiger partial charge < -0.3 is 15.4 Å². The predicted molar refractivity (Wildman–Crippen MR) is 90.7 cm³/mol. The van der Waals surface area contributed by atoms with Gasteiger partial charge in [0.05, 0.1) is 19.7 Å². The van der Waals surface area contributed by atoms with Gasteiger partial charge in [-0.3, -0.25) is 9.69 Å². The first-order chi connectivity index (χ1) is 10.1. The topological polar surface area (TPSA) is 53.6 Å². The van der Waals surface area contributed by atoms with E-state index in [0.29, 0.717) is 12.6 Å². The Bertz CT molecular complexity index is 484. The number of carbonyl (C=O) groups is 1. The van der Waals surface area contributed by atoms with Crippen molar-refractivity contribution in [2.75, 3.05) is 33.3 Å². The molecular formula is C16H26ClN3O2. The quantitative estimate of drug-likeness (QED) is 0.862. The van der Waals surface area contributed by atoms with E-state index in [-0.39, 0.29) is 24.4 Å². The van der Waals surface area contributed by atoms with Gasteiger partial charge in [-0.05, 0) is 19.9 Å². The molecule has 1 aliphatic rings. The van der Waals surface area contributed by atoms with Gasteiger partial charge in [0.25, 0.3) is 0 Å². The third-order valence-electron chi connectivity index (χ3n) is 3.97. The van der Waals surface area contributed by atoms with Crippen LogP contribution in [0.1, 0.15) is 25.5 Å². The van der Waals surface area contributed by atoms with Crippen LogP contribution in [0, 0.1) is 0 Å². The molecule has 1 aromatic carbocycles. The van der Waals surface area contributed by atoms with Crippen LogP contribution in [0.4, 0.5) is 0 Å². The van der Waals surface area contributed by atoms with Gasteiger partial charge in [0, 0.05) is 31.2 Å². The Hall–Kier alpha value is -1.30. The molecule has 1 unspecified atom stereocenters. The molecule has 22 heavy (non-hydrogen) atoms. The molecule has 0 aliphatic carbocycles. The van der Waals surface area contributed by atoms with E-state index in [2.05, 4.69) is 22.5 Å². The molecule has 1 fully saturated rings. The van der Waals surface area contributed by atoms with Crippen LogP contribution >= 0.6 is 12.4 Å². The van der Waals surface area contributed by atoms with Gasteiger partial charge >= 0.3 is 0 Å². The largest absolute Gasteiger partial charge is 0.496 e. The van der Waals surface area contributed by atoms with Gasteiger partial charge in [-0.15, -0.1) is 12.4 Å². The van der Waals surface area contributed by atoms with Crippen molar-refractivity contribution in [2.24, 2.45) is 0 Å².